The molecule has 0 fully saturated rings. The number of nitrogens with zero attached hydrogens (tertiary/aromatic N) is 1. The number of aryl methyl sites for hydroxylation is 1. The van der Waals surface area contributed by atoms with E-state index in [4.69, 9.17) is 17.4 Å². The van der Waals surface area contributed by atoms with E-state index in [0.717, 1.165) is 43.5 Å². The number of hydrogen-bond acceptors (Lipinski definition) is 3. The molecule has 1 aromatic carbocycles. The molecule has 0 unspecified atom stereocenters. The van der Waals surface area contributed by atoms with Crippen LogP contribution in [0, 0.1) is 19.3 Å². The summed E-state index contributed by atoms with van der Waals surface area (Å²) in [6.45, 7) is 3.80. The molecule has 0 radical (unpaired) electrons. The number of benzene rings is 1. The summed E-state index contributed by atoms with van der Waals surface area (Å²) in [7, 11) is 0. The molecule has 4 nitrogen and oxygen atoms in total. The van der Waals surface area contributed by atoms with E-state index < -0.39 is 0 Å². The zero-order chi connectivity index (χ0) is 14.1. The van der Waals surface area contributed by atoms with Gasteiger partial charge in [-0.2, -0.15) is 0 Å². The van der Waals surface area contributed by atoms with E-state index in [2.05, 4.69) is 16.4 Å². The topological polar surface area (TPSA) is 70.6 Å². The molecular formula is C15H21N3O. The van der Waals surface area contributed by atoms with Gasteiger partial charge in [0.2, 0.25) is 0 Å². The lowest BCUT2D eigenvalue weighted by Crippen LogP contribution is -2.17. The fourth-order valence-electron chi connectivity index (χ4n) is 1.81. The van der Waals surface area contributed by atoms with Crippen molar-refractivity contribution in [2.45, 2.75) is 32.7 Å². The SMILES string of the molecule is C#CCCCCNCc1ccc(/C(N)=N/O)cc1C. The molecule has 1 rings (SSSR count). The largest absolute Gasteiger partial charge is 0.409 e. The molecule has 1 aromatic rings. The van der Waals surface area contributed by atoms with Gasteiger partial charge in [0.1, 0.15) is 0 Å². The van der Waals surface area contributed by atoms with Crippen LogP contribution in [0.15, 0.2) is 23.4 Å². The number of rotatable bonds is 7. The summed E-state index contributed by atoms with van der Waals surface area (Å²) in [4.78, 5) is 0. The van der Waals surface area contributed by atoms with Crippen molar-refractivity contribution in [2.75, 3.05) is 6.54 Å². The molecule has 19 heavy (non-hydrogen) atoms. The van der Waals surface area contributed by atoms with Gasteiger partial charge >= 0.3 is 0 Å². The van der Waals surface area contributed by atoms with Crippen LogP contribution in [0.5, 0.6) is 0 Å². The number of oxime groups is 1. The molecule has 0 spiro atoms. The molecule has 4 N–H and O–H groups in total. The Labute approximate surface area is 114 Å². The van der Waals surface area contributed by atoms with Crippen molar-refractivity contribution in [1.82, 2.24) is 5.32 Å². The van der Waals surface area contributed by atoms with Gasteiger partial charge in [-0.15, -0.1) is 12.3 Å². The summed E-state index contributed by atoms with van der Waals surface area (Å²) in [5, 5.41) is 15.0. The molecule has 0 saturated heterocycles. The van der Waals surface area contributed by atoms with Crippen LogP contribution < -0.4 is 11.1 Å². The number of amidine groups is 1. The summed E-state index contributed by atoms with van der Waals surface area (Å²) < 4.78 is 0. The molecule has 0 amide bonds. The summed E-state index contributed by atoms with van der Waals surface area (Å²) >= 11 is 0. The Morgan fingerprint density at radius 1 is 1.47 bits per heavy atom. The van der Waals surface area contributed by atoms with Crippen molar-refractivity contribution in [3.8, 4) is 12.3 Å². The first kappa shape index (κ1) is 15.1. The molecule has 0 aliphatic rings. The van der Waals surface area contributed by atoms with Crippen LogP contribution >= 0.6 is 0 Å². The molecule has 102 valence electrons. The highest BCUT2D eigenvalue weighted by molar-refractivity contribution is 5.97. The molecule has 4 heteroatoms. The fourth-order valence-corrected chi connectivity index (χ4v) is 1.81. The van der Waals surface area contributed by atoms with Gasteiger partial charge in [-0.1, -0.05) is 17.3 Å². The molecule has 0 heterocycles. The van der Waals surface area contributed by atoms with E-state index in [1.54, 1.807) is 0 Å². The molecular weight excluding hydrogens is 238 g/mol. The Kier molecular flexibility index (Phi) is 6.48. The van der Waals surface area contributed by atoms with Gasteiger partial charge in [0, 0.05) is 18.5 Å². The van der Waals surface area contributed by atoms with Crippen molar-refractivity contribution in [3.05, 3.63) is 34.9 Å². The van der Waals surface area contributed by atoms with E-state index >= 15 is 0 Å². The van der Waals surface area contributed by atoms with E-state index in [9.17, 15) is 0 Å². The lowest BCUT2D eigenvalue weighted by atomic mass is 10.0. The monoisotopic (exact) mass is 259 g/mol. The lowest BCUT2D eigenvalue weighted by Gasteiger charge is -2.09. The van der Waals surface area contributed by atoms with Gasteiger partial charge in [0.25, 0.3) is 0 Å². The standard InChI is InChI=1S/C15H21N3O/c1-3-4-5-6-9-17-11-14-8-7-13(10-12(14)2)15(16)18-19/h1,7-8,10,17,19H,4-6,9,11H2,2H3,(H2,16,18). The normalized spacial score (nSPS) is 11.3. The first-order valence-electron chi connectivity index (χ1n) is 6.40. The Morgan fingerprint density at radius 3 is 2.89 bits per heavy atom. The second-order valence-electron chi connectivity index (χ2n) is 4.46. The number of unbranched alkanes of at least 4 members (excludes halogenated alkanes) is 2. The Hall–Kier alpha value is -1.99. The minimum Gasteiger partial charge on any atom is -0.409 e. The Bertz CT molecular complexity index is 475. The van der Waals surface area contributed by atoms with Crippen LogP contribution in [-0.4, -0.2) is 17.6 Å². The molecule has 0 bridgehead atoms. The summed E-state index contributed by atoms with van der Waals surface area (Å²) in [5.74, 6) is 2.77. The van der Waals surface area contributed by atoms with Crippen molar-refractivity contribution in [2.24, 2.45) is 10.9 Å². The highest BCUT2D eigenvalue weighted by Crippen LogP contribution is 2.11. The van der Waals surface area contributed by atoms with Crippen LogP contribution in [0.25, 0.3) is 0 Å². The summed E-state index contributed by atoms with van der Waals surface area (Å²) in [6, 6.07) is 5.78. The van der Waals surface area contributed by atoms with Crippen molar-refractivity contribution < 1.29 is 5.21 Å². The first-order chi connectivity index (χ1) is 9.19. The summed E-state index contributed by atoms with van der Waals surface area (Å²) in [5.41, 5.74) is 8.62. The third kappa shape index (κ3) is 5.02. The third-order valence-electron chi connectivity index (χ3n) is 2.99. The van der Waals surface area contributed by atoms with Crippen LogP contribution in [0.3, 0.4) is 0 Å². The highest BCUT2D eigenvalue weighted by Gasteiger charge is 2.03. The molecule has 0 aliphatic carbocycles. The van der Waals surface area contributed by atoms with Gasteiger partial charge in [-0.3, -0.25) is 0 Å². The Morgan fingerprint density at radius 2 is 2.26 bits per heavy atom. The van der Waals surface area contributed by atoms with E-state index in [1.807, 2.05) is 25.1 Å². The van der Waals surface area contributed by atoms with Crippen molar-refractivity contribution >= 4 is 5.84 Å². The molecule has 0 aromatic heterocycles. The van der Waals surface area contributed by atoms with Gasteiger partial charge in [0.05, 0.1) is 0 Å². The number of terminal acetylenes is 1. The average molecular weight is 259 g/mol. The molecule has 0 atom stereocenters. The summed E-state index contributed by atoms with van der Waals surface area (Å²) in [6.07, 6.45) is 8.19. The zero-order valence-corrected chi connectivity index (χ0v) is 11.3. The number of nitrogens with one attached hydrogen (secondary N) is 1. The number of hydrogen-bond donors (Lipinski definition) is 3. The van der Waals surface area contributed by atoms with E-state index in [1.165, 1.54) is 5.56 Å². The maximum absolute atomic E-state index is 8.63. The smallest absolute Gasteiger partial charge is 0.170 e. The molecule has 0 saturated carbocycles. The third-order valence-corrected chi connectivity index (χ3v) is 2.99. The minimum absolute atomic E-state index is 0.136. The highest BCUT2D eigenvalue weighted by atomic mass is 16.4. The van der Waals surface area contributed by atoms with E-state index in [-0.39, 0.29) is 5.84 Å². The average Bonchev–Trinajstić information content (AvgIpc) is 2.43. The van der Waals surface area contributed by atoms with Gasteiger partial charge in [-0.05, 0) is 43.5 Å². The first-order valence-corrected chi connectivity index (χ1v) is 6.40. The maximum Gasteiger partial charge on any atom is 0.170 e. The minimum atomic E-state index is 0.136. The maximum atomic E-state index is 8.63. The second-order valence-corrected chi connectivity index (χ2v) is 4.46. The van der Waals surface area contributed by atoms with Gasteiger partial charge in [0.15, 0.2) is 5.84 Å². The van der Waals surface area contributed by atoms with E-state index in [0.29, 0.717) is 0 Å². The number of nitrogens with two attached hydrogens (primary N) is 1. The van der Waals surface area contributed by atoms with Crippen LogP contribution in [0.1, 0.15) is 36.0 Å². The van der Waals surface area contributed by atoms with Gasteiger partial charge in [-0.25, -0.2) is 0 Å². The zero-order valence-electron chi connectivity index (χ0n) is 11.3. The predicted octanol–water partition coefficient (Wildman–Crippen LogP) is 1.98. The fraction of sp³-hybridized carbons (Fsp3) is 0.400. The van der Waals surface area contributed by atoms with Crippen molar-refractivity contribution in [1.29, 1.82) is 0 Å². The van der Waals surface area contributed by atoms with Crippen molar-refractivity contribution in [3.63, 3.8) is 0 Å². The molecule has 0 aliphatic heterocycles. The second kappa shape index (κ2) is 8.17. The van der Waals surface area contributed by atoms with Crippen LogP contribution in [0.4, 0.5) is 0 Å². The van der Waals surface area contributed by atoms with Crippen LogP contribution in [0.2, 0.25) is 0 Å². The van der Waals surface area contributed by atoms with Crippen LogP contribution in [-0.2, 0) is 6.54 Å². The quantitative estimate of drug-likeness (QED) is 0.175. The van der Waals surface area contributed by atoms with Gasteiger partial charge < -0.3 is 16.3 Å². The lowest BCUT2D eigenvalue weighted by molar-refractivity contribution is 0.318. The predicted molar refractivity (Wildman–Crippen MR) is 78.1 cm³/mol. The Balaban J connectivity index is 2.45.